The molecule has 2 heterocycles. The number of amides is 1. The second-order valence-electron chi connectivity index (χ2n) is 7.64. The number of hydrogen-bond acceptors (Lipinski definition) is 6. The number of fused-ring (bicyclic) bond motifs is 1. The van der Waals surface area contributed by atoms with Gasteiger partial charge in [0.05, 0.1) is 25.2 Å². The van der Waals surface area contributed by atoms with E-state index in [0.29, 0.717) is 11.3 Å². The highest BCUT2D eigenvalue weighted by molar-refractivity contribution is 5.91. The molecule has 7 nitrogen and oxygen atoms in total. The molecule has 1 aromatic rings. The van der Waals surface area contributed by atoms with Crippen molar-refractivity contribution in [2.45, 2.75) is 44.9 Å². The van der Waals surface area contributed by atoms with Crippen LogP contribution in [-0.4, -0.2) is 37.0 Å². The van der Waals surface area contributed by atoms with Crippen LogP contribution in [-0.2, 0) is 19.7 Å². The molecule has 0 spiro atoms. The molecule has 3 atom stereocenters. The van der Waals surface area contributed by atoms with Crippen LogP contribution in [0.1, 0.15) is 33.3 Å². The van der Waals surface area contributed by atoms with Gasteiger partial charge in [-0.3, -0.25) is 0 Å². The zero-order valence-corrected chi connectivity index (χ0v) is 15.3. The van der Waals surface area contributed by atoms with Crippen LogP contribution < -0.4 is 11.1 Å². The highest BCUT2D eigenvalue weighted by Crippen LogP contribution is 2.46. The van der Waals surface area contributed by atoms with E-state index in [1.807, 2.05) is 6.92 Å². The van der Waals surface area contributed by atoms with E-state index < -0.39 is 23.1 Å². The molecular weight excluding hydrogens is 341 g/mol. The zero-order chi connectivity index (χ0) is 19.1. The lowest BCUT2D eigenvalue weighted by Gasteiger charge is -2.36. The first-order valence-electron chi connectivity index (χ1n) is 8.50. The van der Waals surface area contributed by atoms with Gasteiger partial charge in [-0.2, -0.15) is 0 Å². The number of alkyl carbamates (subject to hydrolysis) is 1. The van der Waals surface area contributed by atoms with Gasteiger partial charge in [-0.1, -0.05) is 0 Å². The van der Waals surface area contributed by atoms with Crippen LogP contribution >= 0.6 is 0 Å². The second kappa shape index (κ2) is 6.42. The molecule has 0 bridgehead atoms. The van der Waals surface area contributed by atoms with Crippen LogP contribution in [0, 0.1) is 11.7 Å². The van der Waals surface area contributed by atoms with Crippen LogP contribution in [0.5, 0.6) is 0 Å². The molecule has 3 rings (SSSR count). The number of halogens is 1. The Morgan fingerprint density at radius 2 is 2.19 bits per heavy atom. The minimum Gasteiger partial charge on any atom is -0.464 e. The number of aliphatic imine (C=N–C) groups is 1. The number of benzene rings is 1. The van der Waals surface area contributed by atoms with E-state index in [-0.39, 0.29) is 31.3 Å². The van der Waals surface area contributed by atoms with Gasteiger partial charge in [-0.05, 0) is 45.9 Å². The number of carbonyl (C=O) groups excluding carboxylic acids is 1. The van der Waals surface area contributed by atoms with Crippen molar-refractivity contribution in [1.29, 1.82) is 0 Å². The number of ether oxygens (including phenoxy) is 3. The summed E-state index contributed by atoms with van der Waals surface area (Å²) in [5.41, 5.74) is 4.94. The smallest absolute Gasteiger partial charge is 0.415 e. The van der Waals surface area contributed by atoms with E-state index in [9.17, 15) is 9.18 Å². The normalized spacial score (nSPS) is 28.0. The van der Waals surface area contributed by atoms with E-state index in [1.54, 1.807) is 26.8 Å². The summed E-state index contributed by atoms with van der Waals surface area (Å²) < 4.78 is 31.1. The van der Waals surface area contributed by atoms with Crippen molar-refractivity contribution in [2.24, 2.45) is 10.9 Å². The van der Waals surface area contributed by atoms with Crippen molar-refractivity contribution in [3.8, 4) is 0 Å². The highest BCUT2D eigenvalue weighted by atomic mass is 19.1. The Morgan fingerprint density at radius 3 is 2.88 bits per heavy atom. The molecule has 0 saturated carbocycles. The number of carbonyl (C=O) groups is 1. The maximum Gasteiger partial charge on any atom is 0.415 e. The molecule has 2 aliphatic rings. The molecule has 1 saturated heterocycles. The fourth-order valence-electron chi connectivity index (χ4n) is 3.31. The summed E-state index contributed by atoms with van der Waals surface area (Å²) in [6.07, 6.45) is -0.868. The number of nitrogens with one attached hydrogen (secondary N) is 1. The molecule has 2 unspecified atom stereocenters. The molecule has 1 amide bonds. The summed E-state index contributed by atoms with van der Waals surface area (Å²) in [4.78, 5) is 16.6. The third kappa shape index (κ3) is 3.46. The summed E-state index contributed by atoms with van der Waals surface area (Å²) in [6, 6.07) is 4.34. The lowest BCUT2D eigenvalue weighted by atomic mass is 9.78. The molecular formula is C18H24FN3O4. The Labute approximate surface area is 151 Å². The molecule has 26 heavy (non-hydrogen) atoms. The number of nitrogen functional groups attached to an aromatic ring is 1. The highest BCUT2D eigenvalue weighted by Gasteiger charge is 2.54. The molecule has 1 fully saturated rings. The number of amidine groups is 1. The summed E-state index contributed by atoms with van der Waals surface area (Å²) in [7, 11) is 0. The number of nitrogens with zero attached hydrogens (tertiary/aromatic N) is 1. The van der Waals surface area contributed by atoms with Crippen LogP contribution in [0.2, 0.25) is 0 Å². The lowest BCUT2D eigenvalue weighted by molar-refractivity contribution is 0.0525. The quantitative estimate of drug-likeness (QED) is 0.746. The van der Waals surface area contributed by atoms with Gasteiger partial charge in [0.15, 0.2) is 0 Å². The summed E-state index contributed by atoms with van der Waals surface area (Å²) in [5.74, 6) is -0.632. The van der Waals surface area contributed by atoms with Gasteiger partial charge in [0.2, 0.25) is 0 Å². The van der Waals surface area contributed by atoms with Gasteiger partial charge >= 0.3 is 6.09 Å². The predicted octanol–water partition coefficient (Wildman–Crippen LogP) is 2.55. The number of hydrogen-bond donors (Lipinski definition) is 2. The fourth-order valence-corrected chi connectivity index (χ4v) is 3.31. The predicted molar refractivity (Wildman–Crippen MR) is 94.2 cm³/mol. The van der Waals surface area contributed by atoms with E-state index in [0.717, 1.165) is 0 Å². The fraction of sp³-hybridized carbons (Fsp3) is 0.556. The third-order valence-corrected chi connectivity index (χ3v) is 4.51. The number of nitrogens with two attached hydrogens (primary N) is 1. The summed E-state index contributed by atoms with van der Waals surface area (Å²) in [6.45, 7) is 7.54. The molecule has 3 N–H and O–H groups in total. The summed E-state index contributed by atoms with van der Waals surface area (Å²) >= 11 is 0. The van der Waals surface area contributed by atoms with Crippen molar-refractivity contribution in [3.63, 3.8) is 0 Å². The lowest BCUT2D eigenvalue weighted by Crippen LogP contribution is -2.48. The number of rotatable bonds is 1. The Morgan fingerprint density at radius 1 is 1.46 bits per heavy atom. The topological polar surface area (TPSA) is 95.2 Å². The Kier molecular flexibility index (Phi) is 4.56. The van der Waals surface area contributed by atoms with Crippen LogP contribution in [0.4, 0.5) is 14.9 Å². The van der Waals surface area contributed by atoms with E-state index >= 15 is 0 Å². The maximum atomic E-state index is 14.6. The summed E-state index contributed by atoms with van der Waals surface area (Å²) in [5, 5.41) is 2.49. The molecule has 142 valence electrons. The molecule has 1 aromatic carbocycles. The van der Waals surface area contributed by atoms with Crippen LogP contribution in [0.15, 0.2) is 23.2 Å². The van der Waals surface area contributed by atoms with E-state index in [2.05, 4.69) is 10.3 Å². The van der Waals surface area contributed by atoms with E-state index in [1.165, 1.54) is 12.1 Å². The monoisotopic (exact) mass is 365 g/mol. The molecule has 0 radical (unpaired) electrons. The largest absolute Gasteiger partial charge is 0.464 e. The van der Waals surface area contributed by atoms with Gasteiger partial charge in [0.1, 0.15) is 17.0 Å². The zero-order valence-electron chi connectivity index (χ0n) is 15.3. The average Bonchev–Trinajstić information content (AvgIpc) is 2.85. The maximum absolute atomic E-state index is 14.6. The van der Waals surface area contributed by atoms with Gasteiger partial charge in [-0.15, -0.1) is 0 Å². The molecule has 2 aliphatic heterocycles. The Balaban J connectivity index is 1.96. The van der Waals surface area contributed by atoms with Crippen molar-refractivity contribution in [3.05, 3.63) is 29.6 Å². The van der Waals surface area contributed by atoms with Gasteiger partial charge in [0, 0.05) is 11.3 Å². The first-order valence-corrected chi connectivity index (χ1v) is 8.50. The minimum absolute atomic E-state index is 0.0185. The Hall–Kier alpha value is -2.35. The molecule has 0 aliphatic carbocycles. The average molecular weight is 365 g/mol. The van der Waals surface area contributed by atoms with Gasteiger partial charge in [0.25, 0.3) is 6.02 Å². The van der Waals surface area contributed by atoms with Gasteiger partial charge < -0.3 is 19.9 Å². The Bertz CT molecular complexity index is 746. The van der Waals surface area contributed by atoms with Crippen molar-refractivity contribution in [1.82, 2.24) is 5.32 Å². The van der Waals surface area contributed by atoms with Crippen molar-refractivity contribution >= 4 is 17.8 Å². The third-order valence-electron chi connectivity index (χ3n) is 4.51. The SMILES string of the molecule is C[C@H]1OCC2(c3cc(N)ccc3F)N=C(NC(=O)OC(C)(C)C)OCC12. The molecule has 8 heteroatoms. The van der Waals surface area contributed by atoms with E-state index in [4.69, 9.17) is 19.9 Å². The minimum atomic E-state index is -1.01. The van der Waals surface area contributed by atoms with Crippen molar-refractivity contribution in [2.75, 3.05) is 18.9 Å². The molecule has 0 aromatic heterocycles. The van der Waals surface area contributed by atoms with Gasteiger partial charge in [-0.25, -0.2) is 19.5 Å². The van der Waals surface area contributed by atoms with Crippen LogP contribution in [0.3, 0.4) is 0 Å². The van der Waals surface area contributed by atoms with Crippen LogP contribution in [0.25, 0.3) is 0 Å². The van der Waals surface area contributed by atoms with Crippen molar-refractivity contribution < 1.29 is 23.4 Å². The standard InChI is InChI=1S/C18H24FN3O4/c1-10-13-8-24-15(21-16(23)26-17(2,3)4)22-18(13,9-25-10)12-7-11(20)5-6-14(12)19/h5-7,10,13H,8-9,20H2,1-4H3,(H,21,22,23)/t10-,13?,18?/m1/s1. The second-order valence-corrected chi connectivity index (χ2v) is 7.64. The first kappa shape index (κ1) is 18.4. The number of anilines is 1. The first-order chi connectivity index (χ1) is 12.1.